The van der Waals surface area contributed by atoms with Gasteiger partial charge in [-0.15, -0.1) is 17.0 Å². The first-order valence-electron chi connectivity index (χ1n) is 2.66. The van der Waals surface area contributed by atoms with Crippen molar-refractivity contribution in [2.45, 2.75) is 0 Å². The van der Waals surface area contributed by atoms with Gasteiger partial charge in [-0.05, 0) is 14.1 Å². The smallest absolute Gasteiger partial charge is 0.0501 e. The van der Waals surface area contributed by atoms with Gasteiger partial charge in [0, 0.05) is 13.1 Å². The monoisotopic (exact) mass is 180 g/mol. The van der Waals surface area contributed by atoms with E-state index < -0.39 is 0 Å². The Bertz CT molecular complexity index is 59.4. The molecular weight excluding hydrogens is 168 g/mol. The lowest BCUT2D eigenvalue weighted by molar-refractivity contribution is 0.318. The van der Waals surface area contributed by atoms with Crippen LogP contribution in [0.3, 0.4) is 0 Å². The summed E-state index contributed by atoms with van der Waals surface area (Å²) >= 11 is 0. The molecule has 3 heteroatoms. The summed E-state index contributed by atoms with van der Waals surface area (Å²) in [5, 5.41) is 0. The first-order valence-corrected chi connectivity index (χ1v) is 2.66. The molecule has 0 aromatic rings. The number of nitrogens with zero attached hydrogens (tertiary/aromatic N) is 2. The third kappa shape index (κ3) is 2.11. The summed E-state index contributed by atoms with van der Waals surface area (Å²) in [6.07, 6.45) is 0. The van der Waals surface area contributed by atoms with Gasteiger partial charge >= 0.3 is 0 Å². The molecule has 0 spiro atoms. The molecule has 1 aliphatic rings. The molecule has 0 radical (unpaired) electrons. The predicted molar refractivity (Wildman–Crippen MR) is 40.4 cm³/mol. The van der Waals surface area contributed by atoms with Crippen molar-refractivity contribution >= 4 is 17.0 Å². The van der Waals surface area contributed by atoms with Gasteiger partial charge in [-0.3, -0.25) is 9.80 Å². The van der Waals surface area contributed by atoms with E-state index >= 15 is 0 Å². The summed E-state index contributed by atoms with van der Waals surface area (Å²) < 4.78 is 0. The summed E-state index contributed by atoms with van der Waals surface area (Å²) in [6.45, 7) is 3.60. The van der Waals surface area contributed by atoms with Gasteiger partial charge in [0.1, 0.15) is 0 Å². The minimum atomic E-state index is 0. The van der Waals surface area contributed by atoms with Crippen molar-refractivity contribution in [1.82, 2.24) is 9.80 Å². The lowest BCUT2D eigenvalue weighted by atomic mass is 10.6. The minimum Gasteiger partial charge on any atom is -0.292 e. The van der Waals surface area contributed by atoms with Crippen LogP contribution in [0.2, 0.25) is 0 Å². The number of halogens is 1. The van der Waals surface area contributed by atoms with Crippen molar-refractivity contribution in [1.29, 1.82) is 0 Å². The van der Waals surface area contributed by atoms with E-state index in [1.165, 1.54) is 13.1 Å². The second kappa shape index (κ2) is 3.43. The summed E-state index contributed by atoms with van der Waals surface area (Å²) in [5.74, 6) is 0. The zero-order valence-electron chi connectivity index (χ0n) is 5.42. The van der Waals surface area contributed by atoms with E-state index in [0.29, 0.717) is 0 Å². The zero-order valence-corrected chi connectivity index (χ0v) is 7.14. The molecule has 8 heavy (non-hydrogen) atoms. The fourth-order valence-electron chi connectivity index (χ4n) is 0.895. The predicted octanol–water partition coefficient (Wildman–Crippen LogP) is 0.399. The average molecular weight is 181 g/mol. The molecule has 0 amide bonds. The van der Waals surface area contributed by atoms with Gasteiger partial charge in [-0.25, -0.2) is 0 Å². The Morgan fingerprint density at radius 2 is 1.38 bits per heavy atom. The van der Waals surface area contributed by atoms with Crippen LogP contribution in [0.1, 0.15) is 0 Å². The van der Waals surface area contributed by atoms with E-state index in [0.717, 1.165) is 6.67 Å². The summed E-state index contributed by atoms with van der Waals surface area (Å²) in [6, 6.07) is 0. The highest BCUT2D eigenvalue weighted by Crippen LogP contribution is 1.95. The van der Waals surface area contributed by atoms with E-state index in [1.807, 2.05) is 0 Å². The standard InChI is InChI=1S/C5H12N2.BrH/c1-6-3-4-7(2)5-6;/h3-5H2,1-2H3;1H. The summed E-state index contributed by atoms with van der Waals surface area (Å²) in [5.41, 5.74) is 0. The van der Waals surface area contributed by atoms with Crippen LogP contribution in [0.4, 0.5) is 0 Å². The molecule has 0 aromatic heterocycles. The Morgan fingerprint density at radius 3 is 1.50 bits per heavy atom. The van der Waals surface area contributed by atoms with Gasteiger partial charge in [0.25, 0.3) is 0 Å². The Balaban J connectivity index is 0.000000490. The molecule has 1 saturated heterocycles. The third-order valence-corrected chi connectivity index (χ3v) is 1.35. The largest absolute Gasteiger partial charge is 0.292 e. The molecule has 1 aliphatic heterocycles. The lowest BCUT2D eigenvalue weighted by Gasteiger charge is -2.06. The molecule has 1 rings (SSSR count). The van der Waals surface area contributed by atoms with E-state index in [-0.39, 0.29) is 17.0 Å². The molecule has 50 valence electrons. The molecule has 0 aromatic carbocycles. The van der Waals surface area contributed by atoms with Crippen LogP contribution >= 0.6 is 17.0 Å². The van der Waals surface area contributed by atoms with E-state index in [4.69, 9.17) is 0 Å². The number of likely N-dealkylation sites (N-methyl/N-ethyl adjacent to an activating group) is 2. The second-order valence-corrected chi connectivity index (χ2v) is 2.30. The van der Waals surface area contributed by atoms with Gasteiger partial charge in [-0.2, -0.15) is 0 Å². The normalized spacial score (nSPS) is 23.2. The molecular formula is C5H13BrN2. The highest BCUT2D eigenvalue weighted by atomic mass is 79.9. The maximum Gasteiger partial charge on any atom is 0.0501 e. The summed E-state index contributed by atoms with van der Waals surface area (Å²) in [4.78, 5) is 4.61. The molecule has 0 unspecified atom stereocenters. The van der Waals surface area contributed by atoms with Crippen LogP contribution < -0.4 is 0 Å². The van der Waals surface area contributed by atoms with Crippen molar-refractivity contribution in [2.24, 2.45) is 0 Å². The second-order valence-electron chi connectivity index (χ2n) is 2.30. The molecule has 2 nitrogen and oxygen atoms in total. The molecule has 1 fully saturated rings. The SMILES string of the molecule is Br.CN1CCN(C)C1. The average Bonchev–Trinajstić information content (AvgIpc) is 1.87. The Hall–Kier alpha value is 0.400. The van der Waals surface area contributed by atoms with Crippen LogP contribution in [0.25, 0.3) is 0 Å². The number of hydrogen-bond acceptors (Lipinski definition) is 2. The van der Waals surface area contributed by atoms with Gasteiger partial charge in [0.2, 0.25) is 0 Å². The van der Waals surface area contributed by atoms with Crippen LogP contribution in [0.5, 0.6) is 0 Å². The number of rotatable bonds is 0. The highest BCUT2D eigenvalue weighted by Gasteiger charge is 2.09. The van der Waals surface area contributed by atoms with Crippen molar-refractivity contribution in [3.05, 3.63) is 0 Å². The molecule has 0 atom stereocenters. The maximum absolute atomic E-state index is 2.31. The first kappa shape index (κ1) is 8.40. The number of hydrogen-bond donors (Lipinski definition) is 0. The van der Waals surface area contributed by atoms with Crippen molar-refractivity contribution in [3.63, 3.8) is 0 Å². The summed E-state index contributed by atoms with van der Waals surface area (Å²) in [7, 11) is 4.28. The van der Waals surface area contributed by atoms with Crippen LogP contribution in [-0.2, 0) is 0 Å². The van der Waals surface area contributed by atoms with E-state index in [2.05, 4.69) is 23.9 Å². The molecule has 1 heterocycles. The van der Waals surface area contributed by atoms with Crippen molar-refractivity contribution < 1.29 is 0 Å². The van der Waals surface area contributed by atoms with E-state index in [9.17, 15) is 0 Å². The van der Waals surface area contributed by atoms with Gasteiger partial charge in [0.15, 0.2) is 0 Å². The topological polar surface area (TPSA) is 6.48 Å². The highest BCUT2D eigenvalue weighted by molar-refractivity contribution is 8.93. The molecule has 0 bridgehead atoms. The van der Waals surface area contributed by atoms with E-state index in [1.54, 1.807) is 0 Å². The van der Waals surface area contributed by atoms with Gasteiger partial charge < -0.3 is 0 Å². The molecule has 0 N–H and O–H groups in total. The lowest BCUT2D eigenvalue weighted by Crippen LogP contribution is -2.17. The van der Waals surface area contributed by atoms with Crippen LogP contribution in [0, 0.1) is 0 Å². The van der Waals surface area contributed by atoms with Crippen LogP contribution in [-0.4, -0.2) is 43.7 Å². The minimum absolute atomic E-state index is 0. The fourth-order valence-corrected chi connectivity index (χ4v) is 0.895. The Labute approximate surface area is 61.2 Å². The molecule has 0 aliphatic carbocycles. The van der Waals surface area contributed by atoms with Gasteiger partial charge in [-0.1, -0.05) is 0 Å². The quantitative estimate of drug-likeness (QED) is 0.533. The zero-order chi connectivity index (χ0) is 5.28. The third-order valence-electron chi connectivity index (χ3n) is 1.35. The van der Waals surface area contributed by atoms with Crippen molar-refractivity contribution in [3.8, 4) is 0 Å². The van der Waals surface area contributed by atoms with Gasteiger partial charge in [0.05, 0.1) is 6.67 Å². The molecule has 0 saturated carbocycles. The fraction of sp³-hybridized carbons (Fsp3) is 1.00. The van der Waals surface area contributed by atoms with Crippen molar-refractivity contribution in [2.75, 3.05) is 33.9 Å². The Morgan fingerprint density at radius 1 is 1.00 bits per heavy atom. The maximum atomic E-state index is 2.31. The first-order chi connectivity index (χ1) is 3.29. The van der Waals surface area contributed by atoms with Crippen LogP contribution in [0.15, 0.2) is 0 Å². The Kier molecular flexibility index (Phi) is 3.60.